The fourth-order valence-electron chi connectivity index (χ4n) is 4.71. The molecule has 2 atom stereocenters. The van der Waals surface area contributed by atoms with Crippen LogP contribution in [0.4, 0.5) is 10.2 Å². The number of amides is 1. The van der Waals surface area contributed by atoms with Gasteiger partial charge in [-0.2, -0.15) is 0 Å². The van der Waals surface area contributed by atoms with E-state index in [-0.39, 0.29) is 70.9 Å². The fourth-order valence-corrected chi connectivity index (χ4v) is 4.99. The van der Waals surface area contributed by atoms with Gasteiger partial charge in [0, 0.05) is 26.2 Å². The number of aliphatic hydroxyl groups excluding tert-OH is 1. The van der Waals surface area contributed by atoms with Crippen LogP contribution in [0, 0.1) is 5.82 Å². The molecule has 0 saturated carbocycles. The molecule has 3 aliphatic heterocycles. The lowest BCUT2D eigenvalue weighted by atomic mass is 10.0. The molecule has 34 heavy (non-hydrogen) atoms. The summed E-state index contributed by atoms with van der Waals surface area (Å²) in [5.74, 6) is -0.942. The van der Waals surface area contributed by atoms with Crippen LogP contribution in [0.5, 0.6) is 11.5 Å². The Morgan fingerprint density at radius 2 is 2.18 bits per heavy atom. The maximum atomic E-state index is 14.8. The number of carbonyl (C=O) groups excluding carboxylic acids is 1. The largest absolute Gasteiger partial charge is 0.507 e. The number of aromatic nitrogens is 1. The number of ether oxygens (including phenoxy) is 2. The van der Waals surface area contributed by atoms with Crippen molar-refractivity contribution in [3.63, 3.8) is 0 Å². The molecule has 1 aromatic carbocycles. The number of benzene rings is 1. The summed E-state index contributed by atoms with van der Waals surface area (Å²) in [6.45, 7) is 4.37. The Bertz CT molecular complexity index is 1110. The van der Waals surface area contributed by atoms with Crippen molar-refractivity contribution < 1.29 is 28.9 Å². The van der Waals surface area contributed by atoms with Gasteiger partial charge in [0.05, 0.1) is 31.4 Å². The van der Waals surface area contributed by atoms with E-state index in [1.807, 2.05) is 4.90 Å². The first-order valence-corrected chi connectivity index (χ1v) is 11.6. The molecule has 0 bridgehead atoms. The van der Waals surface area contributed by atoms with Gasteiger partial charge in [-0.05, 0) is 19.1 Å². The van der Waals surface area contributed by atoms with Crippen molar-refractivity contribution in [2.75, 3.05) is 57.4 Å². The van der Waals surface area contributed by atoms with E-state index in [9.17, 15) is 19.4 Å². The number of halogens is 2. The Morgan fingerprint density at radius 3 is 2.94 bits per heavy atom. The number of hydrogen-bond donors (Lipinski definition) is 3. The van der Waals surface area contributed by atoms with E-state index in [1.54, 1.807) is 11.8 Å². The minimum absolute atomic E-state index is 0.0194. The molecule has 0 spiro atoms. The van der Waals surface area contributed by atoms with E-state index in [4.69, 9.17) is 21.1 Å². The number of aliphatic hydroxyl groups is 1. The lowest BCUT2D eigenvalue weighted by Crippen LogP contribution is -2.55. The molecule has 1 amide bonds. The summed E-state index contributed by atoms with van der Waals surface area (Å²) >= 11 is 6.70. The molecular formula is C23H26ClFN4O5. The number of piperazine rings is 1. The van der Waals surface area contributed by atoms with Gasteiger partial charge in [0.2, 0.25) is 0 Å². The number of aromatic hydroxyl groups is 1. The van der Waals surface area contributed by atoms with Gasteiger partial charge in [-0.3, -0.25) is 4.79 Å². The maximum Gasteiger partial charge on any atom is 0.261 e. The van der Waals surface area contributed by atoms with Crippen molar-refractivity contribution in [2.24, 2.45) is 0 Å². The lowest BCUT2D eigenvalue weighted by Gasteiger charge is -2.41. The number of phenols is 1. The molecule has 1 aromatic heterocycles. The number of fused-ring (bicyclic) bond motifs is 2. The smallest absolute Gasteiger partial charge is 0.261 e. The number of phenolic OH excluding ortho intramolecular Hbond substituents is 1. The van der Waals surface area contributed by atoms with Gasteiger partial charge in [-0.1, -0.05) is 17.7 Å². The minimum Gasteiger partial charge on any atom is -0.507 e. The van der Waals surface area contributed by atoms with E-state index < -0.39 is 11.4 Å². The van der Waals surface area contributed by atoms with E-state index in [0.29, 0.717) is 32.8 Å². The van der Waals surface area contributed by atoms with Crippen molar-refractivity contribution in [3.05, 3.63) is 34.6 Å². The highest BCUT2D eigenvalue weighted by atomic mass is 35.5. The van der Waals surface area contributed by atoms with E-state index >= 15 is 0 Å². The summed E-state index contributed by atoms with van der Waals surface area (Å²) in [5.41, 5.74) is -0.876. The molecule has 0 aliphatic carbocycles. The summed E-state index contributed by atoms with van der Waals surface area (Å²) in [6.07, 6.45) is 0. The van der Waals surface area contributed by atoms with Crippen LogP contribution in [-0.4, -0.2) is 90.2 Å². The zero-order valence-electron chi connectivity index (χ0n) is 18.7. The molecule has 9 nitrogen and oxygen atoms in total. The van der Waals surface area contributed by atoms with Crippen molar-refractivity contribution in [2.45, 2.75) is 18.6 Å². The van der Waals surface area contributed by atoms with Crippen LogP contribution in [0.15, 0.2) is 18.2 Å². The van der Waals surface area contributed by atoms with E-state index in [2.05, 4.69) is 10.3 Å². The predicted molar refractivity (Wildman–Crippen MR) is 123 cm³/mol. The molecule has 2 fully saturated rings. The Kier molecular flexibility index (Phi) is 6.01. The molecule has 182 valence electrons. The molecule has 2 aromatic rings. The minimum atomic E-state index is -0.876. The molecule has 5 rings (SSSR count). The average Bonchev–Trinajstić information content (AvgIpc) is 2.98. The van der Waals surface area contributed by atoms with Crippen LogP contribution < -0.4 is 15.0 Å². The van der Waals surface area contributed by atoms with Gasteiger partial charge < -0.3 is 34.8 Å². The van der Waals surface area contributed by atoms with Crippen LogP contribution in [0.2, 0.25) is 5.02 Å². The molecule has 11 heteroatoms. The van der Waals surface area contributed by atoms with Crippen molar-refractivity contribution in [1.29, 1.82) is 0 Å². The molecular weight excluding hydrogens is 467 g/mol. The maximum absolute atomic E-state index is 14.8. The number of carbonyl (C=O) groups is 1. The van der Waals surface area contributed by atoms with Crippen molar-refractivity contribution >= 4 is 23.3 Å². The zero-order valence-corrected chi connectivity index (χ0v) is 19.4. The van der Waals surface area contributed by atoms with Crippen LogP contribution >= 0.6 is 11.6 Å². The van der Waals surface area contributed by atoms with Gasteiger partial charge in [-0.25, -0.2) is 9.37 Å². The third-order valence-electron chi connectivity index (χ3n) is 6.52. The fraction of sp³-hybridized carbons (Fsp3) is 0.478. The molecule has 3 aliphatic rings. The quantitative estimate of drug-likeness (QED) is 0.593. The van der Waals surface area contributed by atoms with Gasteiger partial charge >= 0.3 is 0 Å². The Morgan fingerprint density at radius 1 is 1.35 bits per heavy atom. The van der Waals surface area contributed by atoms with E-state index in [0.717, 1.165) is 0 Å². The summed E-state index contributed by atoms with van der Waals surface area (Å²) in [6, 6.07) is 3.73. The van der Waals surface area contributed by atoms with Crippen LogP contribution in [-0.2, 0) is 4.74 Å². The number of nitrogens with zero attached hydrogens (tertiary/aromatic N) is 3. The monoisotopic (exact) mass is 492 g/mol. The third-order valence-corrected chi connectivity index (χ3v) is 6.87. The number of nitrogens with one attached hydrogen (secondary N) is 1. The van der Waals surface area contributed by atoms with Gasteiger partial charge in [0.25, 0.3) is 5.91 Å². The summed E-state index contributed by atoms with van der Waals surface area (Å²) < 4.78 is 26.7. The second kappa shape index (κ2) is 8.84. The van der Waals surface area contributed by atoms with Gasteiger partial charge in [-0.15, -0.1) is 0 Å². The number of hydrogen-bond acceptors (Lipinski definition) is 8. The first kappa shape index (κ1) is 23.1. The Balaban J connectivity index is 1.73. The van der Waals surface area contributed by atoms with Gasteiger partial charge in [0.15, 0.2) is 5.75 Å². The normalized spacial score (nSPS) is 24.8. The molecule has 4 heterocycles. The number of morpholine rings is 1. The SMILES string of the molecule is CC1(CO)CN(c2nc(-c3c(O)cccc3F)c(Cl)c3c2C(=O)N2CCNC[C@@H]2CO3)CCO1. The van der Waals surface area contributed by atoms with Crippen LogP contribution in [0.1, 0.15) is 17.3 Å². The highest BCUT2D eigenvalue weighted by Gasteiger charge is 2.41. The Labute approximate surface area is 201 Å². The third kappa shape index (κ3) is 3.84. The standard InChI is InChI=1S/C23H26ClFN4O5/c1-23(12-30)11-28(7-8-34-23)21-17-20(33-10-13-9-26-5-6-29(13)22(17)32)18(24)19(27-21)16-14(25)3-2-4-15(16)31/h2-4,13,26,30-31H,5-12H2,1H3/t13-,23?/m1/s1. The second-order valence-electron chi connectivity index (χ2n) is 8.98. The predicted octanol–water partition coefficient (Wildman–Crippen LogP) is 1.64. The first-order chi connectivity index (χ1) is 16.3. The summed E-state index contributed by atoms with van der Waals surface area (Å²) in [5, 5.41) is 23.5. The Hall–Kier alpha value is -2.66. The van der Waals surface area contributed by atoms with Crippen molar-refractivity contribution in [1.82, 2.24) is 15.2 Å². The molecule has 2 saturated heterocycles. The number of rotatable bonds is 3. The lowest BCUT2D eigenvalue weighted by molar-refractivity contribution is -0.0745. The summed E-state index contributed by atoms with van der Waals surface area (Å²) in [7, 11) is 0. The highest BCUT2D eigenvalue weighted by Crippen LogP contribution is 2.46. The molecule has 3 N–H and O–H groups in total. The number of anilines is 1. The second-order valence-corrected chi connectivity index (χ2v) is 9.36. The van der Waals surface area contributed by atoms with E-state index in [1.165, 1.54) is 18.2 Å². The van der Waals surface area contributed by atoms with Gasteiger partial charge in [0.1, 0.15) is 45.9 Å². The average molecular weight is 493 g/mol. The molecule has 1 unspecified atom stereocenters. The topological polar surface area (TPSA) is 107 Å². The van der Waals surface area contributed by atoms with Crippen molar-refractivity contribution in [3.8, 4) is 22.8 Å². The van der Waals surface area contributed by atoms with Crippen LogP contribution in [0.25, 0.3) is 11.3 Å². The van der Waals surface area contributed by atoms with Crippen LogP contribution in [0.3, 0.4) is 0 Å². The summed E-state index contributed by atoms with van der Waals surface area (Å²) in [4.78, 5) is 22.0. The highest BCUT2D eigenvalue weighted by molar-refractivity contribution is 6.35. The number of pyridine rings is 1. The zero-order chi connectivity index (χ0) is 24.0. The molecule has 0 radical (unpaired) electrons. The first-order valence-electron chi connectivity index (χ1n) is 11.2.